The third-order valence-electron chi connectivity index (χ3n) is 3.58. The summed E-state index contributed by atoms with van der Waals surface area (Å²) in [5.74, 6) is 2.02. The highest BCUT2D eigenvalue weighted by molar-refractivity contribution is 4.73. The van der Waals surface area contributed by atoms with Gasteiger partial charge < -0.3 is 5.32 Å². The molecule has 1 aliphatic carbocycles. The van der Waals surface area contributed by atoms with Crippen LogP contribution in [0.15, 0.2) is 0 Å². The molecule has 0 unspecified atom stereocenters. The molecule has 1 aliphatic rings. The largest absolute Gasteiger partial charge is 0.312 e. The molecule has 0 bridgehead atoms. The molecular weight excluding hydrogens is 182 g/mol. The fourth-order valence-corrected chi connectivity index (χ4v) is 2.47. The minimum Gasteiger partial charge on any atom is -0.312 e. The minimum atomic E-state index is 0.293. The van der Waals surface area contributed by atoms with Crippen molar-refractivity contribution in [2.45, 2.75) is 71.8 Å². The number of hydrogen-bond donors (Lipinski definition) is 1. The lowest BCUT2D eigenvalue weighted by atomic mass is 9.81. The average molecular weight is 211 g/mol. The van der Waals surface area contributed by atoms with E-state index in [-0.39, 0.29) is 0 Å². The van der Waals surface area contributed by atoms with Crippen LogP contribution in [0.1, 0.15) is 66.2 Å². The van der Waals surface area contributed by atoms with Crippen LogP contribution < -0.4 is 5.32 Å². The Morgan fingerprint density at radius 2 is 1.67 bits per heavy atom. The summed E-state index contributed by atoms with van der Waals surface area (Å²) in [5.41, 5.74) is 0.293. The first kappa shape index (κ1) is 13.0. The maximum Gasteiger partial charge on any atom is 0.00965 e. The van der Waals surface area contributed by atoms with Crippen LogP contribution in [-0.2, 0) is 0 Å². The molecule has 0 radical (unpaired) electrons. The molecule has 90 valence electrons. The molecule has 0 aromatic heterocycles. The lowest BCUT2D eigenvalue weighted by molar-refractivity contribution is 0.270. The van der Waals surface area contributed by atoms with Crippen LogP contribution in [0.5, 0.6) is 0 Å². The van der Waals surface area contributed by atoms with Gasteiger partial charge in [0.25, 0.3) is 0 Å². The predicted molar refractivity (Wildman–Crippen MR) is 68.1 cm³/mol. The van der Waals surface area contributed by atoms with Crippen molar-refractivity contribution < 1.29 is 0 Å². The van der Waals surface area contributed by atoms with E-state index in [0.29, 0.717) is 5.54 Å². The normalized spacial score (nSPS) is 28.0. The molecule has 1 heteroatoms. The summed E-state index contributed by atoms with van der Waals surface area (Å²) in [4.78, 5) is 0. The molecule has 1 fully saturated rings. The number of nitrogens with one attached hydrogen (secondary N) is 1. The Bertz CT molecular complexity index is 161. The Hall–Kier alpha value is -0.0400. The van der Waals surface area contributed by atoms with Crippen LogP contribution in [-0.4, -0.2) is 12.1 Å². The fraction of sp³-hybridized carbons (Fsp3) is 1.00. The van der Waals surface area contributed by atoms with E-state index in [2.05, 4.69) is 33.0 Å². The molecule has 1 rings (SSSR count). The number of rotatable bonds is 4. The van der Waals surface area contributed by atoms with Crippen LogP contribution in [0.3, 0.4) is 0 Å². The molecule has 0 amide bonds. The summed E-state index contributed by atoms with van der Waals surface area (Å²) in [6.07, 6.45) is 8.70. The first-order chi connectivity index (χ1) is 6.97. The van der Waals surface area contributed by atoms with Gasteiger partial charge in [-0.05, 0) is 52.0 Å². The Kier molecular flexibility index (Phi) is 5.11. The van der Waals surface area contributed by atoms with Crippen molar-refractivity contribution in [2.75, 3.05) is 6.54 Å². The summed E-state index contributed by atoms with van der Waals surface area (Å²) in [7, 11) is 0. The van der Waals surface area contributed by atoms with Crippen LogP contribution in [0, 0.1) is 11.8 Å². The van der Waals surface area contributed by atoms with Crippen LogP contribution in [0.2, 0.25) is 0 Å². The lowest BCUT2D eigenvalue weighted by Crippen LogP contribution is -2.36. The van der Waals surface area contributed by atoms with Crippen LogP contribution in [0.25, 0.3) is 0 Å². The van der Waals surface area contributed by atoms with E-state index in [4.69, 9.17) is 0 Å². The maximum absolute atomic E-state index is 3.57. The van der Waals surface area contributed by atoms with Gasteiger partial charge in [0.05, 0.1) is 0 Å². The van der Waals surface area contributed by atoms with Crippen molar-refractivity contribution >= 4 is 0 Å². The second kappa shape index (κ2) is 5.89. The highest BCUT2D eigenvalue weighted by Crippen LogP contribution is 2.30. The standard InChI is InChI=1S/C14H29N/c1-12-7-9-13(10-8-12)6-5-11-15-14(2,3)4/h12-13,15H,5-11H2,1-4H3. The van der Waals surface area contributed by atoms with Crippen LogP contribution in [0.4, 0.5) is 0 Å². The van der Waals surface area contributed by atoms with Gasteiger partial charge in [0.1, 0.15) is 0 Å². The van der Waals surface area contributed by atoms with Gasteiger partial charge in [-0.15, -0.1) is 0 Å². The zero-order valence-electron chi connectivity index (χ0n) is 11.1. The van der Waals surface area contributed by atoms with Gasteiger partial charge in [-0.1, -0.05) is 32.6 Å². The molecule has 0 aliphatic heterocycles. The molecule has 0 heterocycles. The minimum absolute atomic E-state index is 0.293. The van der Waals surface area contributed by atoms with Crippen molar-refractivity contribution in [1.29, 1.82) is 0 Å². The van der Waals surface area contributed by atoms with Gasteiger partial charge >= 0.3 is 0 Å². The van der Waals surface area contributed by atoms with Crippen molar-refractivity contribution in [2.24, 2.45) is 11.8 Å². The first-order valence-electron chi connectivity index (χ1n) is 6.72. The second-order valence-electron chi connectivity index (χ2n) is 6.44. The second-order valence-corrected chi connectivity index (χ2v) is 6.44. The Balaban J connectivity index is 2.01. The molecule has 0 aromatic carbocycles. The van der Waals surface area contributed by atoms with Gasteiger partial charge in [-0.2, -0.15) is 0 Å². The van der Waals surface area contributed by atoms with E-state index in [0.717, 1.165) is 11.8 Å². The van der Waals surface area contributed by atoms with Gasteiger partial charge in [0.2, 0.25) is 0 Å². The Morgan fingerprint density at radius 1 is 1.07 bits per heavy atom. The SMILES string of the molecule is CC1CCC(CCCNC(C)(C)C)CC1. The smallest absolute Gasteiger partial charge is 0.00965 e. The first-order valence-corrected chi connectivity index (χ1v) is 6.72. The predicted octanol–water partition coefficient (Wildman–Crippen LogP) is 3.98. The van der Waals surface area contributed by atoms with Gasteiger partial charge in [0, 0.05) is 5.54 Å². The summed E-state index contributed by atoms with van der Waals surface area (Å²) >= 11 is 0. The third-order valence-corrected chi connectivity index (χ3v) is 3.58. The molecule has 15 heavy (non-hydrogen) atoms. The van der Waals surface area contributed by atoms with Crippen molar-refractivity contribution in [3.63, 3.8) is 0 Å². The Labute approximate surface area is 96.0 Å². The average Bonchev–Trinajstić information content (AvgIpc) is 2.14. The Morgan fingerprint density at radius 3 is 2.20 bits per heavy atom. The molecule has 0 atom stereocenters. The van der Waals surface area contributed by atoms with Gasteiger partial charge in [-0.25, -0.2) is 0 Å². The topological polar surface area (TPSA) is 12.0 Å². The van der Waals surface area contributed by atoms with Crippen molar-refractivity contribution in [3.05, 3.63) is 0 Å². The highest BCUT2D eigenvalue weighted by Gasteiger charge is 2.17. The molecule has 0 spiro atoms. The van der Waals surface area contributed by atoms with E-state index in [1.165, 1.54) is 45.1 Å². The lowest BCUT2D eigenvalue weighted by Gasteiger charge is -2.27. The van der Waals surface area contributed by atoms with Crippen molar-refractivity contribution in [3.8, 4) is 0 Å². The highest BCUT2D eigenvalue weighted by atomic mass is 14.9. The quantitative estimate of drug-likeness (QED) is 0.694. The molecule has 1 N–H and O–H groups in total. The van der Waals surface area contributed by atoms with E-state index in [9.17, 15) is 0 Å². The molecule has 0 saturated heterocycles. The summed E-state index contributed by atoms with van der Waals surface area (Å²) < 4.78 is 0. The summed E-state index contributed by atoms with van der Waals surface area (Å²) in [6, 6.07) is 0. The van der Waals surface area contributed by atoms with Gasteiger partial charge in [0.15, 0.2) is 0 Å². The maximum atomic E-state index is 3.57. The molecule has 1 nitrogen and oxygen atoms in total. The monoisotopic (exact) mass is 211 g/mol. The zero-order valence-corrected chi connectivity index (χ0v) is 11.1. The molecule has 0 aromatic rings. The van der Waals surface area contributed by atoms with E-state index >= 15 is 0 Å². The summed E-state index contributed by atoms with van der Waals surface area (Å²) in [6.45, 7) is 10.3. The van der Waals surface area contributed by atoms with Crippen molar-refractivity contribution in [1.82, 2.24) is 5.32 Å². The summed E-state index contributed by atoms with van der Waals surface area (Å²) in [5, 5.41) is 3.57. The van der Waals surface area contributed by atoms with Crippen LogP contribution >= 0.6 is 0 Å². The molecular formula is C14H29N. The third kappa shape index (κ3) is 6.19. The van der Waals surface area contributed by atoms with E-state index < -0.39 is 0 Å². The molecule has 1 saturated carbocycles. The van der Waals surface area contributed by atoms with E-state index in [1.54, 1.807) is 0 Å². The van der Waals surface area contributed by atoms with E-state index in [1.807, 2.05) is 0 Å². The zero-order chi connectivity index (χ0) is 11.3. The fourth-order valence-electron chi connectivity index (χ4n) is 2.47. The van der Waals surface area contributed by atoms with Gasteiger partial charge in [-0.3, -0.25) is 0 Å². The number of hydrogen-bond acceptors (Lipinski definition) is 1.